The summed E-state index contributed by atoms with van der Waals surface area (Å²) in [5, 5.41) is 0. The highest BCUT2D eigenvalue weighted by molar-refractivity contribution is 5.98. The molecule has 3 aliphatic rings. The van der Waals surface area contributed by atoms with Gasteiger partial charge in [0, 0.05) is 29.5 Å². The van der Waals surface area contributed by atoms with Crippen LogP contribution in [-0.4, -0.2) is 35.5 Å². The molecule has 1 amide bonds. The van der Waals surface area contributed by atoms with Crippen molar-refractivity contribution >= 4 is 11.9 Å². The summed E-state index contributed by atoms with van der Waals surface area (Å²) in [5.74, 6) is -2.49. The lowest BCUT2D eigenvalue weighted by molar-refractivity contribution is 0.00650. The molecule has 6 rings (SSSR count). The number of ketones is 1. The summed E-state index contributed by atoms with van der Waals surface area (Å²) < 4.78 is 33.0. The molecule has 3 aromatic carbocycles. The number of nitrogens with zero attached hydrogens (tertiary/aromatic N) is 1. The van der Waals surface area contributed by atoms with E-state index in [4.69, 9.17) is 4.74 Å². The number of fused-ring (bicyclic) bond motifs is 5. The Labute approximate surface area is 208 Å². The second kappa shape index (κ2) is 9.16. The molecule has 0 radical (unpaired) electrons. The Morgan fingerprint density at radius 2 is 1.44 bits per heavy atom. The predicted octanol–water partition coefficient (Wildman–Crippen LogP) is 6.73. The van der Waals surface area contributed by atoms with Gasteiger partial charge < -0.3 is 9.64 Å². The van der Waals surface area contributed by atoms with Gasteiger partial charge in [0.25, 0.3) is 0 Å². The molecule has 0 N–H and O–H groups in total. The van der Waals surface area contributed by atoms with E-state index in [0.29, 0.717) is 12.8 Å². The zero-order chi connectivity index (χ0) is 24.8. The molecule has 2 fully saturated rings. The SMILES string of the molecule is O=C(c1ccc(F)c(F)c1)C1CC2CCCC(C1)N2C(=O)OCC1c2ccccc2-c2ccccc21. The maximum absolute atomic E-state index is 13.7. The normalized spacial score (nSPS) is 22.6. The van der Waals surface area contributed by atoms with Crippen molar-refractivity contribution < 1.29 is 23.1 Å². The van der Waals surface area contributed by atoms with Crippen molar-refractivity contribution in [3.05, 3.63) is 95.1 Å². The number of amides is 1. The van der Waals surface area contributed by atoms with Crippen LogP contribution in [0.15, 0.2) is 66.7 Å². The van der Waals surface area contributed by atoms with E-state index in [9.17, 15) is 18.4 Å². The third-order valence-corrected chi connectivity index (χ3v) is 8.10. The van der Waals surface area contributed by atoms with Crippen molar-refractivity contribution in [2.75, 3.05) is 6.61 Å². The molecule has 2 bridgehead atoms. The van der Waals surface area contributed by atoms with Gasteiger partial charge in [-0.15, -0.1) is 0 Å². The summed E-state index contributed by atoms with van der Waals surface area (Å²) in [7, 11) is 0. The minimum absolute atomic E-state index is 0.00585. The third-order valence-electron chi connectivity index (χ3n) is 8.10. The van der Waals surface area contributed by atoms with Crippen LogP contribution < -0.4 is 0 Å². The molecule has 2 aliphatic heterocycles. The van der Waals surface area contributed by atoms with E-state index in [0.717, 1.165) is 31.4 Å². The molecule has 2 unspecified atom stereocenters. The van der Waals surface area contributed by atoms with Crippen LogP contribution >= 0.6 is 0 Å². The molecule has 0 saturated carbocycles. The average molecular weight is 488 g/mol. The highest BCUT2D eigenvalue weighted by Gasteiger charge is 2.44. The van der Waals surface area contributed by atoms with Gasteiger partial charge in [0.2, 0.25) is 0 Å². The maximum atomic E-state index is 13.7. The van der Waals surface area contributed by atoms with Gasteiger partial charge >= 0.3 is 6.09 Å². The maximum Gasteiger partial charge on any atom is 0.410 e. The van der Waals surface area contributed by atoms with Crippen molar-refractivity contribution in [1.82, 2.24) is 4.90 Å². The van der Waals surface area contributed by atoms with Gasteiger partial charge in [-0.05, 0) is 72.6 Å². The second-order valence-electron chi connectivity index (χ2n) is 10.1. The molecule has 2 saturated heterocycles. The summed E-state index contributed by atoms with van der Waals surface area (Å²) in [5.41, 5.74) is 4.89. The average Bonchev–Trinajstić information content (AvgIpc) is 3.21. The summed E-state index contributed by atoms with van der Waals surface area (Å²) in [6, 6.07) is 19.6. The fourth-order valence-corrected chi connectivity index (χ4v) is 6.45. The Morgan fingerprint density at radius 1 is 0.833 bits per heavy atom. The standard InChI is InChI=1S/C30H27F2NO3/c31-27-13-12-18(16-28(27)32)29(34)19-14-20-6-5-7-21(15-19)33(20)30(35)36-17-26-24-10-3-1-8-22(24)23-9-2-4-11-25(23)26/h1-4,8-13,16,19-21,26H,5-7,14-15,17H2. The molecule has 6 heteroatoms. The number of hydrogen-bond acceptors (Lipinski definition) is 3. The molecule has 0 aromatic heterocycles. The zero-order valence-electron chi connectivity index (χ0n) is 19.8. The van der Waals surface area contributed by atoms with Crippen molar-refractivity contribution in [3.63, 3.8) is 0 Å². The van der Waals surface area contributed by atoms with E-state index in [-0.39, 0.29) is 48.0 Å². The number of ether oxygens (including phenoxy) is 1. The van der Waals surface area contributed by atoms with Crippen LogP contribution in [0, 0.1) is 17.6 Å². The van der Waals surface area contributed by atoms with E-state index >= 15 is 0 Å². The Morgan fingerprint density at radius 3 is 2.06 bits per heavy atom. The van der Waals surface area contributed by atoms with Crippen LogP contribution in [-0.2, 0) is 4.74 Å². The summed E-state index contributed by atoms with van der Waals surface area (Å²) >= 11 is 0. The molecule has 3 aromatic rings. The topological polar surface area (TPSA) is 46.6 Å². The van der Waals surface area contributed by atoms with Crippen LogP contribution in [0.3, 0.4) is 0 Å². The van der Waals surface area contributed by atoms with Gasteiger partial charge in [0.1, 0.15) is 6.61 Å². The van der Waals surface area contributed by atoms with Gasteiger partial charge in [0.15, 0.2) is 17.4 Å². The molecule has 0 spiro atoms. The van der Waals surface area contributed by atoms with E-state index in [1.165, 1.54) is 28.3 Å². The highest BCUT2D eigenvalue weighted by atomic mass is 19.2. The number of halogens is 2. The molecular formula is C30H27F2NO3. The lowest BCUT2D eigenvalue weighted by Crippen LogP contribution is -2.55. The summed E-state index contributed by atoms with van der Waals surface area (Å²) in [6.45, 7) is 0.264. The largest absolute Gasteiger partial charge is 0.448 e. The molecule has 2 atom stereocenters. The Bertz CT molecular complexity index is 1280. The minimum Gasteiger partial charge on any atom is -0.448 e. The highest BCUT2D eigenvalue weighted by Crippen LogP contribution is 2.45. The molecular weight excluding hydrogens is 460 g/mol. The van der Waals surface area contributed by atoms with Gasteiger partial charge in [-0.2, -0.15) is 0 Å². The van der Waals surface area contributed by atoms with Crippen molar-refractivity contribution in [3.8, 4) is 11.1 Å². The van der Waals surface area contributed by atoms with E-state index in [1.54, 1.807) is 0 Å². The van der Waals surface area contributed by atoms with E-state index < -0.39 is 11.6 Å². The van der Waals surface area contributed by atoms with Crippen LogP contribution in [0.4, 0.5) is 13.6 Å². The molecule has 36 heavy (non-hydrogen) atoms. The van der Waals surface area contributed by atoms with Gasteiger partial charge in [-0.1, -0.05) is 48.5 Å². The first-order chi connectivity index (χ1) is 17.5. The number of carbonyl (C=O) groups excluding carboxylic acids is 2. The number of benzene rings is 3. The quantitative estimate of drug-likeness (QED) is 0.384. The van der Waals surface area contributed by atoms with Crippen molar-refractivity contribution in [2.24, 2.45) is 5.92 Å². The lowest BCUT2D eigenvalue weighted by atomic mass is 9.76. The van der Waals surface area contributed by atoms with Gasteiger partial charge in [0.05, 0.1) is 0 Å². The Hall–Kier alpha value is -3.54. The van der Waals surface area contributed by atoms with E-state index in [1.807, 2.05) is 29.2 Å². The Balaban J connectivity index is 1.16. The molecule has 1 aliphatic carbocycles. The van der Waals surface area contributed by atoms with Crippen LogP contribution in [0.2, 0.25) is 0 Å². The molecule has 184 valence electrons. The van der Waals surface area contributed by atoms with Crippen LogP contribution in [0.1, 0.15) is 59.5 Å². The first-order valence-corrected chi connectivity index (χ1v) is 12.6. The van der Waals surface area contributed by atoms with Gasteiger partial charge in [-0.3, -0.25) is 4.79 Å². The summed E-state index contributed by atoms with van der Waals surface area (Å²) in [6.07, 6.45) is 3.31. The number of Topliss-reactive ketones (excluding diaryl/α,β-unsaturated/α-hetero) is 1. The lowest BCUT2D eigenvalue weighted by Gasteiger charge is -2.47. The monoisotopic (exact) mass is 487 g/mol. The summed E-state index contributed by atoms with van der Waals surface area (Å²) in [4.78, 5) is 28.3. The number of rotatable bonds is 4. The number of piperidine rings is 2. The van der Waals surface area contributed by atoms with Crippen LogP contribution in [0.25, 0.3) is 11.1 Å². The first-order valence-electron chi connectivity index (χ1n) is 12.6. The third kappa shape index (κ3) is 3.89. The smallest absolute Gasteiger partial charge is 0.410 e. The first kappa shape index (κ1) is 22.9. The Kier molecular flexibility index (Phi) is 5.82. The number of carbonyl (C=O) groups is 2. The fraction of sp³-hybridized carbons (Fsp3) is 0.333. The van der Waals surface area contributed by atoms with Crippen molar-refractivity contribution in [1.29, 1.82) is 0 Å². The minimum atomic E-state index is -1.02. The molecule has 2 heterocycles. The predicted molar refractivity (Wildman–Crippen MR) is 132 cm³/mol. The number of hydrogen-bond donors (Lipinski definition) is 0. The van der Waals surface area contributed by atoms with Crippen LogP contribution in [0.5, 0.6) is 0 Å². The van der Waals surface area contributed by atoms with Gasteiger partial charge in [-0.25, -0.2) is 13.6 Å². The molecule has 4 nitrogen and oxygen atoms in total. The fourth-order valence-electron chi connectivity index (χ4n) is 6.45. The zero-order valence-corrected chi connectivity index (χ0v) is 19.8. The second-order valence-corrected chi connectivity index (χ2v) is 10.1. The van der Waals surface area contributed by atoms with Crippen molar-refractivity contribution in [2.45, 2.75) is 50.1 Å². The van der Waals surface area contributed by atoms with E-state index in [2.05, 4.69) is 24.3 Å².